The quantitative estimate of drug-likeness (QED) is 0.565. The summed E-state index contributed by atoms with van der Waals surface area (Å²) in [5, 5.41) is 4.88. The molecule has 3 N–H and O–H groups in total. The SMILES string of the molecule is CCCn1ncc(Cl)c1C(CCOC)NN. The second kappa shape index (κ2) is 6.85. The molecule has 0 aliphatic heterocycles. The zero-order valence-corrected chi connectivity index (χ0v) is 10.5. The Morgan fingerprint density at radius 1 is 1.69 bits per heavy atom. The molecule has 5 nitrogen and oxygen atoms in total. The Kier molecular flexibility index (Phi) is 5.76. The highest BCUT2D eigenvalue weighted by molar-refractivity contribution is 6.31. The number of aromatic nitrogens is 2. The topological polar surface area (TPSA) is 65.1 Å². The van der Waals surface area contributed by atoms with Gasteiger partial charge in [0.25, 0.3) is 0 Å². The number of methoxy groups -OCH3 is 1. The predicted molar refractivity (Wildman–Crippen MR) is 64.1 cm³/mol. The van der Waals surface area contributed by atoms with Gasteiger partial charge in [-0.2, -0.15) is 5.10 Å². The van der Waals surface area contributed by atoms with Crippen molar-refractivity contribution in [1.82, 2.24) is 15.2 Å². The van der Waals surface area contributed by atoms with Crippen LogP contribution in [0.15, 0.2) is 6.20 Å². The molecular formula is C10H19ClN4O. The van der Waals surface area contributed by atoms with E-state index in [2.05, 4.69) is 17.4 Å². The lowest BCUT2D eigenvalue weighted by Gasteiger charge is -2.17. The van der Waals surface area contributed by atoms with E-state index in [9.17, 15) is 0 Å². The largest absolute Gasteiger partial charge is 0.385 e. The summed E-state index contributed by atoms with van der Waals surface area (Å²) in [5.74, 6) is 5.53. The molecule has 0 aliphatic carbocycles. The molecule has 0 spiro atoms. The van der Waals surface area contributed by atoms with Crippen molar-refractivity contribution in [1.29, 1.82) is 0 Å². The molecule has 1 unspecified atom stereocenters. The maximum absolute atomic E-state index is 6.11. The molecule has 0 aliphatic rings. The average Bonchev–Trinajstić information content (AvgIpc) is 2.63. The molecule has 0 saturated heterocycles. The first-order valence-electron chi connectivity index (χ1n) is 5.40. The van der Waals surface area contributed by atoms with Crippen molar-refractivity contribution >= 4 is 11.6 Å². The number of hydrogen-bond donors (Lipinski definition) is 2. The summed E-state index contributed by atoms with van der Waals surface area (Å²) in [4.78, 5) is 0. The van der Waals surface area contributed by atoms with Crippen LogP contribution in [0.4, 0.5) is 0 Å². The first-order chi connectivity index (χ1) is 7.74. The third kappa shape index (κ3) is 3.18. The van der Waals surface area contributed by atoms with Gasteiger partial charge in [0.1, 0.15) is 0 Å². The van der Waals surface area contributed by atoms with Crippen LogP contribution in [-0.4, -0.2) is 23.5 Å². The van der Waals surface area contributed by atoms with Gasteiger partial charge in [-0.1, -0.05) is 18.5 Å². The molecule has 6 heteroatoms. The second-order valence-electron chi connectivity index (χ2n) is 3.60. The minimum Gasteiger partial charge on any atom is -0.385 e. The highest BCUT2D eigenvalue weighted by Crippen LogP contribution is 2.24. The normalized spacial score (nSPS) is 13.0. The summed E-state index contributed by atoms with van der Waals surface area (Å²) in [7, 11) is 1.67. The summed E-state index contributed by atoms with van der Waals surface area (Å²) in [5.41, 5.74) is 3.69. The van der Waals surface area contributed by atoms with E-state index in [1.165, 1.54) is 0 Å². The fraction of sp³-hybridized carbons (Fsp3) is 0.700. The Bertz CT molecular complexity index is 316. The highest BCUT2D eigenvalue weighted by atomic mass is 35.5. The summed E-state index contributed by atoms with van der Waals surface area (Å²) in [6.07, 6.45) is 3.43. The Hall–Kier alpha value is -0.620. The van der Waals surface area contributed by atoms with Crippen LogP contribution in [0.5, 0.6) is 0 Å². The van der Waals surface area contributed by atoms with Crippen LogP contribution < -0.4 is 11.3 Å². The van der Waals surface area contributed by atoms with Gasteiger partial charge in [-0.3, -0.25) is 16.0 Å². The summed E-state index contributed by atoms with van der Waals surface area (Å²) < 4.78 is 6.93. The van der Waals surface area contributed by atoms with Gasteiger partial charge < -0.3 is 4.74 Å². The number of aryl methyl sites for hydroxylation is 1. The fourth-order valence-electron chi connectivity index (χ4n) is 1.64. The van der Waals surface area contributed by atoms with E-state index in [0.29, 0.717) is 11.6 Å². The molecular weight excluding hydrogens is 228 g/mol. The summed E-state index contributed by atoms with van der Waals surface area (Å²) in [6, 6.07) is -0.0264. The van der Waals surface area contributed by atoms with Gasteiger partial charge in [-0.05, 0) is 12.8 Å². The molecule has 0 bridgehead atoms. The lowest BCUT2D eigenvalue weighted by atomic mass is 10.1. The number of rotatable bonds is 7. The number of ether oxygens (including phenoxy) is 1. The van der Waals surface area contributed by atoms with Crippen LogP contribution in [0.1, 0.15) is 31.5 Å². The standard InChI is InChI=1S/C10H19ClN4O/c1-3-5-15-10(8(11)7-13-15)9(14-12)4-6-16-2/h7,9,14H,3-6,12H2,1-2H3. The number of hydrogen-bond acceptors (Lipinski definition) is 4. The Labute approximate surface area is 101 Å². The van der Waals surface area contributed by atoms with Crippen LogP contribution in [0.3, 0.4) is 0 Å². The van der Waals surface area contributed by atoms with Crippen molar-refractivity contribution in [3.63, 3.8) is 0 Å². The second-order valence-corrected chi connectivity index (χ2v) is 4.01. The van der Waals surface area contributed by atoms with Gasteiger partial charge in [0.2, 0.25) is 0 Å². The van der Waals surface area contributed by atoms with E-state index < -0.39 is 0 Å². The van der Waals surface area contributed by atoms with Gasteiger partial charge in [-0.15, -0.1) is 0 Å². The molecule has 0 fully saturated rings. The molecule has 1 aromatic rings. The molecule has 0 radical (unpaired) electrons. The van der Waals surface area contributed by atoms with Crippen molar-refractivity contribution in [2.75, 3.05) is 13.7 Å². The van der Waals surface area contributed by atoms with Crippen molar-refractivity contribution in [2.24, 2.45) is 5.84 Å². The molecule has 1 rings (SSSR count). The number of halogens is 1. The van der Waals surface area contributed by atoms with Crippen LogP contribution in [0.2, 0.25) is 5.02 Å². The number of nitrogens with zero attached hydrogens (tertiary/aromatic N) is 2. The van der Waals surface area contributed by atoms with E-state index in [0.717, 1.165) is 25.1 Å². The molecule has 1 heterocycles. The Balaban J connectivity index is 2.84. The van der Waals surface area contributed by atoms with E-state index in [1.54, 1.807) is 13.3 Å². The van der Waals surface area contributed by atoms with Crippen molar-refractivity contribution in [3.8, 4) is 0 Å². The number of hydrazine groups is 1. The summed E-state index contributed by atoms with van der Waals surface area (Å²) >= 11 is 6.11. The number of nitrogens with two attached hydrogens (primary N) is 1. The minimum absolute atomic E-state index is 0.0264. The first-order valence-corrected chi connectivity index (χ1v) is 5.78. The molecule has 16 heavy (non-hydrogen) atoms. The van der Waals surface area contributed by atoms with Gasteiger partial charge in [0.05, 0.1) is 23.0 Å². The van der Waals surface area contributed by atoms with E-state index >= 15 is 0 Å². The zero-order valence-electron chi connectivity index (χ0n) is 9.74. The number of nitrogens with one attached hydrogen (secondary N) is 1. The zero-order chi connectivity index (χ0) is 12.0. The van der Waals surface area contributed by atoms with Crippen molar-refractivity contribution in [3.05, 3.63) is 16.9 Å². The molecule has 1 atom stereocenters. The lowest BCUT2D eigenvalue weighted by Crippen LogP contribution is -2.31. The van der Waals surface area contributed by atoms with E-state index in [1.807, 2.05) is 4.68 Å². The van der Waals surface area contributed by atoms with Crippen molar-refractivity contribution < 1.29 is 4.74 Å². The third-order valence-corrected chi connectivity index (χ3v) is 2.70. The van der Waals surface area contributed by atoms with E-state index in [4.69, 9.17) is 22.2 Å². The summed E-state index contributed by atoms with van der Waals surface area (Å²) in [6.45, 7) is 3.56. The molecule has 0 aromatic carbocycles. The van der Waals surface area contributed by atoms with Crippen molar-refractivity contribution in [2.45, 2.75) is 32.4 Å². The van der Waals surface area contributed by atoms with Crippen LogP contribution in [-0.2, 0) is 11.3 Å². The van der Waals surface area contributed by atoms with E-state index in [-0.39, 0.29) is 6.04 Å². The van der Waals surface area contributed by atoms with Crippen LogP contribution in [0.25, 0.3) is 0 Å². The average molecular weight is 247 g/mol. The molecule has 92 valence electrons. The smallest absolute Gasteiger partial charge is 0.0834 e. The maximum Gasteiger partial charge on any atom is 0.0834 e. The third-order valence-electron chi connectivity index (χ3n) is 2.41. The Morgan fingerprint density at radius 2 is 2.44 bits per heavy atom. The van der Waals surface area contributed by atoms with Gasteiger partial charge in [-0.25, -0.2) is 0 Å². The van der Waals surface area contributed by atoms with Gasteiger partial charge in [0, 0.05) is 20.3 Å². The predicted octanol–water partition coefficient (Wildman–Crippen LogP) is 1.49. The lowest BCUT2D eigenvalue weighted by molar-refractivity contribution is 0.181. The fourth-order valence-corrected chi connectivity index (χ4v) is 1.92. The van der Waals surface area contributed by atoms with Gasteiger partial charge in [0.15, 0.2) is 0 Å². The molecule has 0 amide bonds. The highest BCUT2D eigenvalue weighted by Gasteiger charge is 2.18. The monoisotopic (exact) mass is 246 g/mol. The first kappa shape index (κ1) is 13.4. The molecule has 0 saturated carbocycles. The molecule has 1 aromatic heterocycles. The van der Waals surface area contributed by atoms with Gasteiger partial charge >= 0.3 is 0 Å². The minimum atomic E-state index is -0.0264. The Morgan fingerprint density at radius 3 is 3.00 bits per heavy atom. The van der Waals surface area contributed by atoms with Crippen LogP contribution >= 0.6 is 11.6 Å². The maximum atomic E-state index is 6.11. The van der Waals surface area contributed by atoms with Crippen LogP contribution in [0, 0.1) is 0 Å².